The van der Waals surface area contributed by atoms with Gasteiger partial charge in [-0.25, -0.2) is 0 Å². The minimum Gasteiger partial charge on any atom is -0.491 e. The highest BCUT2D eigenvalue weighted by Gasteiger charge is 2.35. The van der Waals surface area contributed by atoms with Gasteiger partial charge in [-0.2, -0.15) is 13.2 Å². The summed E-state index contributed by atoms with van der Waals surface area (Å²) in [6.45, 7) is 13.1. The number of anilines is 1. The van der Waals surface area contributed by atoms with Crippen LogP contribution in [-0.2, 0) is 9.47 Å². The van der Waals surface area contributed by atoms with Crippen LogP contribution in [0.1, 0.15) is 61.3 Å². The van der Waals surface area contributed by atoms with Gasteiger partial charge in [0.05, 0.1) is 24.9 Å². The molecule has 0 amide bonds. The van der Waals surface area contributed by atoms with Crippen molar-refractivity contribution in [2.75, 3.05) is 25.6 Å². The molecule has 0 aromatic heterocycles. The number of hydrogen-bond donors (Lipinski definition) is 1. The summed E-state index contributed by atoms with van der Waals surface area (Å²) in [4.78, 5) is 0. The van der Waals surface area contributed by atoms with Gasteiger partial charge in [-0.3, -0.25) is 0 Å². The second-order valence-electron chi connectivity index (χ2n) is 10.4. The lowest BCUT2D eigenvalue weighted by Crippen LogP contribution is -2.40. The van der Waals surface area contributed by atoms with Gasteiger partial charge in [0.1, 0.15) is 12.4 Å². The fourth-order valence-corrected chi connectivity index (χ4v) is 3.78. The Hall–Kier alpha value is -1.47. The molecule has 0 saturated heterocycles. The van der Waals surface area contributed by atoms with E-state index in [-0.39, 0.29) is 24.7 Å². The molecule has 7 heteroatoms. The van der Waals surface area contributed by atoms with E-state index in [0.717, 1.165) is 6.42 Å². The monoisotopic (exact) mass is 433 g/mol. The SMILES string of the molecule is CC(CC(C)(COCC(F)(F)F)COC(C)(C)CC(C)(C)C)Oc1ccc(N)cc1. The van der Waals surface area contributed by atoms with Gasteiger partial charge in [-0.1, -0.05) is 27.7 Å². The summed E-state index contributed by atoms with van der Waals surface area (Å²) in [5.41, 5.74) is 5.34. The molecular formula is C23H38F3NO3. The van der Waals surface area contributed by atoms with Crippen molar-refractivity contribution in [2.24, 2.45) is 10.8 Å². The van der Waals surface area contributed by atoms with E-state index < -0.39 is 23.8 Å². The Morgan fingerprint density at radius 1 is 0.900 bits per heavy atom. The summed E-state index contributed by atoms with van der Waals surface area (Å²) in [6, 6.07) is 7.02. The predicted molar refractivity (Wildman–Crippen MR) is 115 cm³/mol. The normalized spacial score (nSPS) is 16.2. The van der Waals surface area contributed by atoms with E-state index in [9.17, 15) is 13.2 Å². The Balaban J connectivity index is 2.81. The Kier molecular flexibility index (Phi) is 9.06. The van der Waals surface area contributed by atoms with Crippen LogP contribution in [0.4, 0.5) is 18.9 Å². The van der Waals surface area contributed by atoms with Crippen molar-refractivity contribution in [2.45, 2.75) is 79.2 Å². The van der Waals surface area contributed by atoms with Crippen molar-refractivity contribution in [1.29, 1.82) is 0 Å². The third kappa shape index (κ3) is 11.6. The van der Waals surface area contributed by atoms with Crippen LogP contribution >= 0.6 is 0 Å². The molecule has 0 heterocycles. The van der Waals surface area contributed by atoms with E-state index in [4.69, 9.17) is 19.9 Å². The van der Waals surface area contributed by atoms with E-state index in [0.29, 0.717) is 17.9 Å². The number of halogens is 3. The molecule has 4 nitrogen and oxygen atoms in total. The lowest BCUT2D eigenvalue weighted by atomic mass is 9.82. The van der Waals surface area contributed by atoms with Crippen molar-refractivity contribution in [3.05, 3.63) is 24.3 Å². The first-order chi connectivity index (χ1) is 13.5. The highest BCUT2D eigenvalue weighted by molar-refractivity contribution is 5.41. The highest BCUT2D eigenvalue weighted by Crippen LogP contribution is 2.34. The fourth-order valence-electron chi connectivity index (χ4n) is 3.78. The molecule has 2 unspecified atom stereocenters. The van der Waals surface area contributed by atoms with Crippen molar-refractivity contribution >= 4 is 5.69 Å². The smallest absolute Gasteiger partial charge is 0.411 e. The quantitative estimate of drug-likeness (QED) is 0.420. The third-order valence-electron chi connectivity index (χ3n) is 4.48. The lowest BCUT2D eigenvalue weighted by molar-refractivity contribution is -0.187. The molecule has 1 aromatic rings. The molecular weight excluding hydrogens is 395 g/mol. The van der Waals surface area contributed by atoms with Gasteiger partial charge >= 0.3 is 6.18 Å². The van der Waals surface area contributed by atoms with Crippen LogP contribution in [0.3, 0.4) is 0 Å². The summed E-state index contributed by atoms with van der Waals surface area (Å²) in [5, 5.41) is 0. The second-order valence-corrected chi connectivity index (χ2v) is 10.4. The molecule has 174 valence electrons. The maximum absolute atomic E-state index is 12.6. The van der Waals surface area contributed by atoms with Gasteiger partial charge in [0.2, 0.25) is 0 Å². The third-order valence-corrected chi connectivity index (χ3v) is 4.48. The maximum atomic E-state index is 12.6. The van der Waals surface area contributed by atoms with Crippen molar-refractivity contribution in [3.8, 4) is 5.75 Å². The van der Waals surface area contributed by atoms with Gasteiger partial charge in [-0.15, -0.1) is 0 Å². The summed E-state index contributed by atoms with van der Waals surface area (Å²) in [6.07, 6.45) is -3.32. The average molecular weight is 434 g/mol. The number of alkyl halides is 3. The number of benzene rings is 1. The largest absolute Gasteiger partial charge is 0.491 e. The van der Waals surface area contributed by atoms with Crippen molar-refractivity contribution in [1.82, 2.24) is 0 Å². The zero-order valence-corrected chi connectivity index (χ0v) is 19.4. The summed E-state index contributed by atoms with van der Waals surface area (Å²) >= 11 is 0. The zero-order valence-electron chi connectivity index (χ0n) is 19.4. The molecule has 0 aliphatic rings. The standard InChI is InChI=1S/C23H38F3NO3/c1-17(30-19-10-8-18(27)9-11-19)12-22(7,14-28-16-23(24,25)26)15-29-21(5,6)13-20(2,3)4/h8-11,17H,12-16,27H2,1-7H3. The van der Waals surface area contributed by atoms with Gasteiger partial charge in [-0.05, 0) is 63.3 Å². The molecule has 2 atom stereocenters. The van der Waals surface area contributed by atoms with Crippen LogP contribution in [-0.4, -0.2) is 37.7 Å². The van der Waals surface area contributed by atoms with E-state index in [2.05, 4.69) is 20.8 Å². The van der Waals surface area contributed by atoms with E-state index in [1.165, 1.54) is 0 Å². The Morgan fingerprint density at radius 2 is 1.47 bits per heavy atom. The molecule has 2 N–H and O–H groups in total. The molecule has 1 aromatic carbocycles. The molecule has 0 spiro atoms. The molecule has 0 fully saturated rings. The molecule has 0 bridgehead atoms. The van der Waals surface area contributed by atoms with E-state index >= 15 is 0 Å². The van der Waals surface area contributed by atoms with Crippen LogP contribution in [0, 0.1) is 10.8 Å². The van der Waals surface area contributed by atoms with Crippen LogP contribution in [0.15, 0.2) is 24.3 Å². The van der Waals surface area contributed by atoms with Crippen LogP contribution < -0.4 is 10.5 Å². The lowest BCUT2D eigenvalue weighted by Gasteiger charge is -2.38. The minimum atomic E-state index is -4.36. The minimum absolute atomic E-state index is 0.0677. The molecule has 1 rings (SSSR count). The van der Waals surface area contributed by atoms with Crippen molar-refractivity contribution < 1.29 is 27.4 Å². The molecule has 0 saturated carbocycles. The van der Waals surface area contributed by atoms with Gasteiger partial charge in [0.25, 0.3) is 0 Å². The summed E-state index contributed by atoms with van der Waals surface area (Å²) < 4.78 is 54.9. The number of hydrogen-bond acceptors (Lipinski definition) is 4. The Labute approximate surface area is 179 Å². The first-order valence-corrected chi connectivity index (χ1v) is 10.3. The zero-order chi connectivity index (χ0) is 23.2. The van der Waals surface area contributed by atoms with Gasteiger partial charge in [0, 0.05) is 11.1 Å². The molecule has 0 radical (unpaired) electrons. The predicted octanol–water partition coefficient (Wildman–Crippen LogP) is 6.24. The van der Waals surface area contributed by atoms with E-state index in [1.807, 2.05) is 27.7 Å². The van der Waals surface area contributed by atoms with Crippen LogP contribution in [0.25, 0.3) is 0 Å². The van der Waals surface area contributed by atoms with E-state index in [1.54, 1.807) is 24.3 Å². The first-order valence-electron chi connectivity index (χ1n) is 10.3. The molecule has 0 aliphatic heterocycles. The highest BCUT2D eigenvalue weighted by atomic mass is 19.4. The number of nitrogens with two attached hydrogens (primary N) is 1. The van der Waals surface area contributed by atoms with Crippen LogP contribution in [0.5, 0.6) is 5.75 Å². The van der Waals surface area contributed by atoms with Crippen molar-refractivity contribution in [3.63, 3.8) is 0 Å². The topological polar surface area (TPSA) is 53.7 Å². The second kappa shape index (κ2) is 10.2. The number of nitrogen functional groups attached to an aromatic ring is 1. The molecule has 0 aliphatic carbocycles. The Bertz CT molecular complexity index is 639. The van der Waals surface area contributed by atoms with Gasteiger partial charge < -0.3 is 19.9 Å². The summed E-state index contributed by atoms with van der Waals surface area (Å²) in [7, 11) is 0. The maximum Gasteiger partial charge on any atom is 0.411 e. The Morgan fingerprint density at radius 3 is 1.97 bits per heavy atom. The fraction of sp³-hybridized carbons (Fsp3) is 0.739. The molecule has 30 heavy (non-hydrogen) atoms. The average Bonchev–Trinajstić information content (AvgIpc) is 2.52. The number of rotatable bonds is 11. The first kappa shape index (κ1) is 26.6. The number of ether oxygens (including phenoxy) is 3. The van der Waals surface area contributed by atoms with Crippen LogP contribution in [0.2, 0.25) is 0 Å². The van der Waals surface area contributed by atoms with Gasteiger partial charge in [0.15, 0.2) is 0 Å². The summed E-state index contributed by atoms with van der Waals surface area (Å²) in [5.74, 6) is 0.657.